The maximum Gasteiger partial charge on any atom is 0.211 e. The van der Waals surface area contributed by atoms with Gasteiger partial charge in [0.15, 0.2) is 10.6 Å². The Morgan fingerprint density at radius 2 is 2.35 bits per heavy atom. The predicted molar refractivity (Wildman–Crippen MR) is 62.2 cm³/mol. The van der Waals surface area contributed by atoms with Gasteiger partial charge in [-0.15, -0.1) is 0 Å². The Morgan fingerprint density at radius 1 is 1.59 bits per heavy atom. The predicted octanol–water partition coefficient (Wildman–Crippen LogP) is 0.223. The van der Waals surface area contributed by atoms with Gasteiger partial charge in [-0.1, -0.05) is 0 Å². The standard InChI is InChI=1S/C9H13N5O2S/c1-13-8(16-2)3-6(12-13)4-14-7(5-15)10-11-9(14)17/h3,15H,4-5H2,1-2H3,(H,11,17). The van der Waals surface area contributed by atoms with E-state index in [1.165, 1.54) is 0 Å². The highest BCUT2D eigenvalue weighted by Crippen LogP contribution is 2.13. The first kappa shape index (κ1) is 11.8. The number of aryl methyl sites for hydroxylation is 1. The molecule has 0 aromatic carbocycles. The van der Waals surface area contributed by atoms with Crippen molar-refractivity contribution in [3.8, 4) is 5.88 Å². The molecule has 7 nitrogen and oxygen atoms in total. The lowest BCUT2D eigenvalue weighted by molar-refractivity contribution is 0.265. The first-order valence-electron chi connectivity index (χ1n) is 4.97. The molecule has 0 saturated carbocycles. The van der Waals surface area contributed by atoms with E-state index in [1.807, 2.05) is 6.07 Å². The highest BCUT2D eigenvalue weighted by Gasteiger charge is 2.09. The van der Waals surface area contributed by atoms with Crippen LogP contribution in [-0.4, -0.2) is 36.8 Å². The van der Waals surface area contributed by atoms with Crippen LogP contribution in [0.15, 0.2) is 6.07 Å². The van der Waals surface area contributed by atoms with Gasteiger partial charge in [-0.05, 0) is 12.2 Å². The summed E-state index contributed by atoms with van der Waals surface area (Å²) in [7, 11) is 3.38. The zero-order valence-electron chi connectivity index (χ0n) is 9.54. The minimum Gasteiger partial charge on any atom is -0.481 e. The molecule has 2 heterocycles. The van der Waals surface area contributed by atoms with Crippen molar-refractivity contribution in [1.29, 1.82) is 0 Å². The van der Waals surface area contributed by atoms with Crippen LogP contribution in [0, 0.1) is 4.77 Å². The Morgan fingerprint density at radius 3 is 2.94 bits per heavy atom. The fourth-order valence-electron chi connectivity index (χ4n) is 1.57. The molecule has 0 aliphatic rings. The van der Waals surface area contributed by atoms with Crippen LogP contribution in [0.3, 0.4) is 0 Å². The summed E-state index contributed by atoms with van der Waals surface area (Å²) in [6.45, 7) is 0.277. The molecule has 2 N–H and O–H groups in total. The summed E-state index contributed by atoms with van der Waals surface area (Å²) in [5, 5.41) is 19.9. The molecule has 0 saturated heterocycles. The Balaban J connectivity index is 2.30. The van der Waals surface area contributed by atoms with E-state index in [1.54, 1.807) is 23.4 Å². The maximum absolute atomic E-state index is 9.12. The number of rotatable bonds is 4. The van der Waals surface area contributed by atoms with Gasteiger partial charge in [0.2, 0.25) is 5.88 Å². The van der Waals surface area contributed by atoms with Crippen molar-refractivity contribution in [2.75, 3.05) is 7.11 Å². The van der Waals surface area contributed by atoms with E-state index >= 15 is 0 Å². The minimum absolute atomic E-state index is 0.170. The number of H-pyrrole nitrogens is 1. The average Bonchev–Trinajstić information content (AvgIpc) is 2.84. The maximum atomic E-state index is 9.12. The number of aliphatic hydroxyl groups is 1. The first-order chi connectivity index (χ1) is 8.15. The number of aromatic amines is 1. The Bertz CT molecular complexity index is 570. The molecular formula is C9H13N5O2S. The van der Waals surface area contributed by atoms with E-state index in [9.17, 15) is 0 Å². The molecule has 0 unspecified atom stereocenters. The molecule has 0 radical (unpaired) electrons. The second-order valence-corrected chi connectivity index (χ2v) is 3.88. The molecule has 0 spiro atoms. The zero-order valence-corrected chi connectivity index (χ0v) is 10.4. The third-order valence-corrected chi connectivity index (χ3v) is 2.71. The second kappa shape index (κ2) is 4.68. The van der Waals surface area contributed by atoms with Crippen LogP contribution in [0.4, 0.5) is 0 Å². The third kappa shape index (κ3) is 2.22. The van der Waals surface area contributed by atoms with Crippen molar-refractivity contribution in [1.82, 2.24) is 24.5 Å². The number of aromatic nitrogens is 5. The summed E-state index contributed by atoms with van der Waals surface area (Å²) >= 11 is 5.07. The van der Waals surface area contributed by atoms with Gasteiger partial charge in [-0.2, -0.15) is 10.2 Å². The van der Waals surface area contributed by atoms with Crippen LogP contribution in [0.1, 0.15) is 11.5 Å². The summed E-state index contributed by atoms with van der Waals surface area (Å²) in [6, 6.07) is 1.82. The fourth-order valence-corrected chi connectivity index (χ4v) is 1.79. The molecule has 0 aliphatic carbocycles. The highest BCUT2D eigenvalue weighted by atomic mass is 32.1. The lowest BCUT2D eigenvalue weighted by Crippen LogP contribution is -2.06. The molecule has 92 valence electrons. The third-order valence-electron chi connectivity index (χ3n) is 2.40. The van der Waals surface area contributed by atoms with E-state index in [0.29, 0.717) is 23.0 Å². The van der Waals surface area contributed by atoms with Crippen molar-refractivity contribution in [2.45, 2.75) is 13.2 Å². The second-order valence-electron chi connectivity index (χ2n) is 3.49. The van der Waals surface area contributed by atoms with Crippen molar-refractivity contribution in [3.63, 3.8) is 0 Å². The molecule has 0 aliphatic heterocycles. The number of nitrogens with zero attached hydrogens (tertiary/aromatic N) is 4. The molecular weight excluding hydrogens is 242 g/mol. The van der Waals surface area contributed by atoms with Gasteiger partial charge in [-0.25, -0.2) is 4.68 Å². The van der Waals surface area contributed by atoms with Crippen LogP contribution in [0.5, 0.6) is 5.88 Å². The summed E-state index contributed by atoms with van der Waals surface area (Å²) in [5.74, 6) is 1.15. The Hall–Kier alpha value is -1.67. The number of ether oxygens (including phenoxy) is 1. The van der Waals surface area contributed by atoms with Gasteiger partial charge in [0.25, 0.3) is 0 Å². The van der Waals surface area contributed by atoms with E-state index in [4.69, 9.17) is 22.1 Å². The van der Waals surface area contributed by atoms with Crippen LogP contribution in [-0.2, 0) is 20.2 Å². The zero-order chi connectivity index (χ0) is 12.4. The van der Waals surface area contributed by atoms with E-state index in [0.717, 1.165) is 5.69 Å². The van der Waals surface area contributed by atoms with Crippen LogP contribution < -0.4 is 4.74 Å². The Kier molecular flexibility index (Phi) is 3.25. The molecule has 2 rings (SSSR count). The highest BCUT2D eigenvalue weighted by molar-refractivity contribution is 7.71. The van der Waals surface area contributed by atoms with Crippen molar-refractivity contribution in [2.24, 2.45) is 7.05 Å². The average molecular weight is 255 g/mol. The lowest BCUT2D eigenvalue weighted by atomic mass is 10.4. The van der Waals surface area contributed by atoms with Gasteiger partial charge in [0, 0.05) is 13.1 Å². The molecule has 17 heavy (non-hydrogen) atoms. The monoisotopic (exact) mass is 255 g/mol. The van der Waals surface area contributed by atoms with Crippen molar-refractivity contribution in [3.05, 3.63) is 22.4 Å². The van der Waals surface area contributed by atoms with E-state index in [2.05, 4.69) is 15.3 Å². The molecule has 0 atom stereocenters. The Labute approximate surface area is 103 Å². The van der Waals surface area contributed by atoms with Crippen LogP contribution in [0.2, 0.25) is 0 Å². The number of methoxy groups -OCH3 is 1. The van der Waals surface area contributed by atoms with Crippen molar-refractivity contribution >= 4 is 12.2 Å². The molecule has 2 aromatic heterocycles. The summed E-state index contributed by atoms with van der Waals surface area (Å²) in [4.78, 5) is 0. The van der Waals surface area contributed by atoms with Gasteiger partial charge < -0.3 is 9.84 Å². The largest absolute Gasteiger partial charge is 0.481 e. The fraction of sp³-hybridized carbons (Fsp3) is 0.444. The molecule has 0 amide bonds. The smallest absolute Gasteiger partial charge is 0.211 e. The molecule has 0 bridgehead atoms. The minimum atomic E-state index is -0.170. The van der Waals surface area contributed by atoms with Gasteiger partial charge >= 0.3 is 0 Å². The lowest BCUT2D eigenvalue weighted by Gasteiger charge is -2.01. The van der Waals surface area contributed by atoms with Gasteiger partial charge in [0.05, 0.1) is 19.3 Å². The number of hydrogen-bond acceptors (Lipinski definition) is 5. The first-order valence-corrected chi connectivity index (χ1v) is 5.38. The summed E-state index contributed by atoms with van der Waals surface area (Å²) in [5.41, 5.74) is 0.788. The normalized spacial score (nSPS) is 10.8. The summed E-state index contributed by atoms with van der Waals surface area (Å²) in [6.07, 6.45) is 0. The van der Waals surface area contributed by atoms with Gasteiger partial charge in [0.1, 0.15) is 6.61 Å². The number of nitrogens with one attached hydrogen (secondary N) is 1. The molecule has 2 aromatic rings. The van der Waals surface area contributed by atoms with E-state index in [-0.39, 0.29) is 6.61 Å². The number of hydrogen-bond donors (Lipinski definition) is 2. The number of aliphatic hydroxyl groups excluding tert-OH is 1. The van der Waals surface area contributed by atoms with E-state index < -0.39 is 0 Å². The SMILES string of the molecule is COc1cc(Cn2c(CO)n[nH]c2=S)nn1C. The van der Waals surface area contributed by atoms with Crippen LogP contribution in [0.25, 0.3) is 0 Å². The van der Waals surface area contributed by atoms with Gasteiger partial charge in [-0.3, -0.25) is 9.67 Å². The quantitative estimate of drug-likeness (QED) is 0.764. The molecule has 0 fully saturated rings. The topological polar surface area (TPSA) is 80.9 Å². The van der Waals surface area contributed by atoms with Crippen molar-refractivity contribution < 1.29 is 9.84 Å². The molecule has 8 heteroatoms. The van der Waals surface area contributed by atoms with Crippen LogP contribution >= 0.6 is 12.2 Å². The summed E-state index contributed by atoms with van der Waals surface area (Å²) < 4.78 is 8.91.